The van der Waals surface area contributed by atoms with Gasteiger partial charge in [0.1, 0.15) is 34.7 Å². The number of ether oxygens (including phenoxy) is 4. The Hall–Kier alpha value is -2.29. The minimum atomic E-state index is -0.901. The zero-order valence-corrected chi connectivity index (χ0v) is 28.5. The van der Waals surface area contributed by atoms with Gasteiger partial charge in [0.25, 0.3) is 0 Å². The van der Waals surface area contributed by atoms with E-state index in [0.29, 0.717) is 43.8 Å². The van der Waals surface area contributed by atoms with E-state index < -0.39 is 41.1 Å². The summed E-state index contributed by atoms with van der Waals surface area (Å²) in [6.07, 6.45) is 0.913. The zero-order valence-electron chi connectivity index (χ0n) is 22.1. The third-order valence-electron chi connectivity index (χ3n) is 5.21. The molecule has 1 aliphatic rings. The molecule has 1 saturated carbocycles. The quantitative estimate of drug-likeness (QED) is 0.180. The molecule has 0 heterocycles. The molecule has 1 N–H and O–H groups in total. The number of hydrogen-bond donors (Lipinski definition) is 1. The van der Waals surface area contributed by atoms with Gasteiger partial charge in [0.15, 0.2) is 6.10 Å². The van der Waals surface area contributed by atoms with Crippen molar-refractivity contribution in [3.05, 3.63) is 85.5 Å². The van der Waals surface area contributed by atoms with Gasteiger partial charge in [-0.2, -0.15) is 0 Å². The van der Waals surface area contributed by atoms with Crippen LogP contribution in [0.3, 0.4) is 0 Å². The highest BCUT2D eigenvalue weighted by Crippen LogP contribution is 2.41. The van der Waals surface area contributed by atoms with Crippen molar-refractivity contribution in [3.63, 3.8) is 0 Å². The molecular formula is C28H25Br4F3O7. The summed E-state index contributed by atoms with van der Waals surface area (Å²) in [6.45, 7) is 0. The molecule has 0 aromatic heterocycles. The molecule has 0 aliphatic heterocycles. The van der Waals surface area contributed by atoms with Crippen LogP contribution in [0.5, 0.6) is 17.2 Å². The van der Waals surface area contributed by atoms with Crippen molar-refractivity contribution in [1.29, 1.82) is 0 Å². The summed E-state index contributed by atoms with van der Waals surface area (Å²) >= 11 is 12.5. The Morgan fingerprint density at radius 1 is 0.810 bits per heavy atom. The third-order valence-corrected chi connectivity index (χ3v) is 7.04. The maximum Gasteiger partial charge on any atom is 0.350 e. The minimum absolute atomic E-state index is 0.0677. The average Bonchev–Trinajstić information content (AvgIpc) is 3.66. The van der Waals surface area contributed by atoms with Crippen LogP contribution in [0.2, 0.25) is 0 Å². The lowest BCUT2D eigenvalue weighted by atomic mass is 10.2. The molecule has 0 amide bonds. The van der Waals surface area contributed by atoms with Gasteiger partial charge in [-0.25, -0.2) is 22.8 Å². The van der Waals surface area contributed by atoms with E-state index in [0.717, 1.165) is 6.07 Å². The van der Waals surface area contributed by atoms with Crippen molar-refractivity contribution in [2.24, 2.45) is 0 Å². The van der Waals surface area contributed by atoms with Crippen molar-refractivity contribution in [3.8, 4) is 17.2 Å². The number of hydrogen-bond acceptors (Lipinski definition) is 7. The molecule has 4 rings (SSSR count). The van der Waals surface area contributed by atoms with Crippen molar-refractivity contribution in [1.82, 2.24) is 0 Å². The maximum absolute atomic E-state index is 13.1. The van der Waals surface area contributed by atoms with Gasteiger partial charge in [-0.1, -0.05) is 63.7 Å². The number of carbonyl (C=O) groups excluding carboxylic acids is 2. The molecule has 7 nitrogen and oxygen atoms in total. The van der Waals surface area contributed by atoms with Gasteiger partial charge in [0.2, 0.25) is 5.60 Å². The van der Waals surface area contributed by atoms with Crippen LogP contribution in [0.15, 0.2) is 68.0 Å². The zero-order chi connectivity index (χ0) is 31.4. The minimum Gasteiger partial charge on any atom is -0.508 e. The Balaban J connectivity index is 0.000000230. The predicted octanol–water partition coefficient (Wildman–Crippen LogP) is 8.26. The Morgan fingerprint density at radius 2 is 1.31 bits per heavy atom. The lowest BCUT2D eigenvalue weighted by Gasteiger charge is -2.16. The van der Waals surface area contributed by atoms with Gasteiger partial charge in [-0.15, -0.1) is 0 Å². The second-order valence-electron chi connectivity index (χ2n) is 8.53. The van der Waals surface area contributed by atoms with Crippen LogP contribution < -0.4 is 9.47 Å². The summed E-state index contributed by atoms with van der Waals surface area (Å²) in [7, 11) is 2.60. The van der Waals surface area contributed by atoms with E-state index in [4.69, 9.17) is 14.6 Å². The molecule has 42 heavy (non-hydrogen) atoms. The van der Waals surface area contributed by atoms with Crippen LogP contribution in [-0.4, -0.2) is 48.3 Å². The number of benzene rings is 3. The van der Waals surface area contributed by atoms with E-state index >= 15 is 0 Å². The second kappa shape index (κ2) is 17.1. The third kappa shape index (κ3) is 12.1. The number of phenolic OH excluding ortho intramolecular Hbond substituents is 1. The van der Waals surface area contributed by atoms with Crippen LogP contribution in [0.1, 0.15) is 19.3 Å². The number of rotatable bonds is 8. The molecule has 0 bridgehead atoms. The molecular weight excluding hydrogens is 825 g/mol. The first-order valence-corrected chi connectivity index (χ1v) is 15.5. The van der Waals surface area contributed by atoms with Crippen molar-refractivity contribution >= 4 is 75.7 Å². The lowest BCUT2D eigenvalue weighted by Crippen LogP contribution is -2.30. The number of esters is 2. The standard InChI is InChI=1S/C11H11Br2FO3.C11H10BrFO3.C6H4BrFO/c1-16-11(15)10(2-3-12)17-9-5-7(13)4-8(14)6-9;1-15-10(14)11(2-3-11)16-9-5-7(12)4-8(13)6-9;7-4-1-5(8)3-6(9)2-4/h4-6,10H,2-3H2,1H3;4-6H,2-3H2,1H3;1-3,9H. The van der Waals surface area contributed by atoms with Crippen LogP contribution >= 0.6 is 63.7 Å². The molecule has 3 aromatic carbocycles. The van der Waals surface area contributed by atoms with Crippen LogP contribution in [0, 0.1) is 17.5 Å². The van der Waals surface area contributed by atoms with E-state index in [1.54, 1.807) is 12.1 Å². The SMILES string of the molecule is COC(=O)C(CCBr)Oc1cc(F)cc(Br)c1.COC(=O)C1(Oc2cc(F)cc(Br)c2)CC1.Oc1cc(F)cc(Br)c1. The van der Waals surface area contributed by atoms with Gasteiger partial charge in [0.05, 0.1) is 14.2 Å². The summed E-state index contributed by atoms with van der Waals surface area (Å²) in [5, 5.41) is 9.31. The van der Waals surface area contributed by atoms with Gasteiger partial charge < -0.3 is 24.1 Å². The first-order valence-electron chi connectivity index (χ1n) is 12.0. The number of aromatic hydroxyl groups is 1. The molecule has 0 spiro atoms. The Bertz CT molecular complexity index is 1280. The van der Waals surface area contributed by atoms with Crippen molar-refractivity contribution in [2.45, 2.75) is 31.0 Å². The molecule has 0 saturated heterocycles. The predicted molar refractivity (Wildman–Crippen MR) is 163 cm³/mol. The van der Waals surface area contributed by atoms with E-state index in [9.17, 15) is 22.8 Å². The first kappa shape index (κ1) is 35.9. The molecule has 3 aromatic rings. The van der Waals surface area contributed by atoms with E-state index in [1.165, 1.54) is 50.6 Å². The Kier molecular flexibility index (Phi) is 14.6. The largest absolute Gasteiger partial charge is 0.508 e. The lowest BCUT2D eigenvalue weighted by molar-refractivity contribution is -0.151. The van der Waals surface area contributed by atoms with Crippen LogP contribution in [0.25, 0.3) is 0 Å². The number of phenols is 1. The number of alkyl halides is 1. The highest BCUT2D eigenvalue weighted by molar-refractivity contribution is 9.11. The smallest absolute Gasteiger partial charge is 0.350 e. The molecule has 0 radical (unpaired) electrons. The molecule has 14 heteroatoms. The summed E-state index contributed by atoms with van der Waals surface area (Å²) in [5.41, 5.74) is -0.901. The summed E-state index contributed by atoms with van der Waals surface area (Å²) in [4.78, 5) is 22.8. The molecule has 1 aliphatic carbocycles. The number of carbonyl (C=O) groups is 2. The number of methoxy groups -OCH3 is 2. The summed E-state index contributed by atoms with van der Waals surface area (Å²) in [5.74, 6) is -1.63. The van der Waals surface area contributed by atoms with Crippen LogP contribution in [-0.2, 0) is 19.1 Å². The molecule has 1 unspecified atom stereocenters. The van der Waals surface area contributed by atoms with Crippen molar-refractivity contribution < 1.29 is 46.8 Å². The van der Waals surface area contributed by atoms with Gasteiger partial charge in [0, 0.05) is 56.2 Å². The summed E-state index contributed by atoms with van der Waals surface area (Å²) in [6, 6.07) is 12.0. The van der Waals surface area contributed by atoms with E-state index in [-0.39, 0.29) is 11.5 Å². The van der Waals surface area contributed by atoms with Gasteiger partial charge in [-0.05, 0) is 36.4 Å². The fourth-order valence-corrected chi connectivity index (χ4v) is 4.97. The van der Waals surface area contributed by atoms with Crippen molar-refractivity contribution in [2.75, 3.05) is 19.5 Å². The molecule has 1 fully saturated rings. The fraction of sp³-hybridized carbons (Fsp3) is 0.286. The van der Waals surface area contributed by atoms with E-state index in [1.807, 2.05) is 0 Å². The topological polar surface area (TPSA) is 91.3 Å². The molecule has 1 atom stereocenters. The second-order valence-corrected chi connectivity index (χ2v) is 12.1. The summed E-state index contributed by atoms with van der Waals surface area (Å²) < 4.78 is 60.2. The average molecular weight is 850 g/mol. The normalized spacial score (nSPS) is 13.3. The fourth-order valence-electron chi connectivity index (χ4n) is 3.22. The Labute approximate surface area is 274 Å². The molecule has 228 valence electrons. The highest BCUT2D eigenvalue weighted by Gasteiger charge is 2.54. The monoisotopic (exact) mass is 846 g/mol. The van der Waals surface area contributed by atoms with Gasteiger partial charge in [-0.3, -0.25) is 0 Å². The Morgan fingerprint density at radius 3 is 1.74 bits per heavy atom. The first-order chi connectivity index (χ1) is 19.8. The van der Waals surface area contributed by atoms with Gasteiger partial charge >= 0.3 is 11.9 Å². The van der Waals surface area contributed by atoms with Crippen LogP contribution in [0.4, 0.5) is 13.2 Å². The van der Waals surface area contributed by atoms with E-state index in [2.05, 4.69) is 73.2 Å². The highest BCUT2D eigenvalue weighted by atomic mass is 79.9. The maximum atomic E-state index is 13.1. The number of halogens is 7.